The van der Waals surface area contributed by atoms with Crippen molar-refractivity contribution in [2.75, 3.05) is 19.8 Å². The van der Waals surface area contributed by atoms with Crippen LogP contribution in [0.25, 0.3) is 5.69 Å². The number of sulfonamides is 1. The number of benzene rings is 1. The Labute approximate surface area is 147 Å². The molecule has 7 nitrogen and oxygen atoms in total. The average Bonchev–Trinajstić information content (AvgIpc) is 3.35. The second-order valence-electron chi connectivity index (χ2n) is 6.25. The third kappa shape index (κ3) is 3.22. The van der Waals surface area contributed by atoms with Crippen LogP contribution in [0.15, 0.2) is 47.6 Å². The number of piperidine rings is 1. The Bertz CT molecular complexity index is 815. The number of nitrogens with zero attached hydrogens (tertiary/aromatic N) is 3. The number of para-hydroxylation sites is 1. The van der Waals surface area contributed by atoms with Gasteiger partial charge in [0, 0.05) is 6.54 Å². The monoisotopic (exact) mass is 363 g/mol. The second kappa shape index (κ2) is 6.87. The van der Waals surface area contributed by atoms with Gasteiger partial charge in [-0.25, -0.2) is 13.1 Å². The molecule has 3 heterocycles. The van der Waals surface area contributed by atoms with E-state index in [1.165, 1.54) is 10.5 Å². The van der Waals surface area contributed by atoms with Crippen LogP contribution in [0.5, 0.6) is 0 Å². The van der Waals surface area contributed by atoms with Crippen molar-refractivity contribution in [3.8, 4) is 5.69 Å². The Hall–Kier alpha value is -1.74. The Balaban J connectivity index is 1.63. The van der Waals surface area contributed by atoms with Crippen molar-refractivity contribution < 1.29 is 17.9 Å². The lowest BCUT2D eigenvalue weighted by molar-refractivity contribution is -0.0913. The molecule has 0 amide bonds. The molecule has 0 aliphatic carbocycles. The zero-order valence-corrected chi connectivity index (χ0v) is 14.6. The van der Waals surface area contributed by atoms with Gasteiger partial charge in [0.25, 0.3) is 0 Å². The van der Waals surface area contributed by atoms with Crippen molar-refractivity contribution in [3.05, 3.63) is 42.7 Å². The van der Waals surface area contributed by atoms with Crippen molar-refractivity contribution in [1.82, 2.24) is 14.1 Å². The van der Waals surface area contributed by atoms with Crippen molar-refractivity contribution in [1.29, 1.82) is 0 Å². The molecule has 0 N–H and O–H groups in total. The van der Waals surface area contributed by atoms with E-state index in [-0.39, 0.29) is 10.9 Å². The lowest BCUT2D eigenvalue weighted by Gasteiger charge is -2.36. The topological polar surface area (TPSA) is 73.7 Å². The summed E-state index contributed by atoms with van der Waals surface area (Å²) in [6, 6.07) is 9.17. The van der Waals surface area contributed by atoms with Crippen molar-refractivity contribution in [3.63, 3.8) is 0 Å². The first kappa shape index (κ1) is 16.7. The van der Waals surface area contributed by atoms with Gasteiger partial charge in [-0.05, 0) is 25.0 Å². The van der Waals surface area contributed by atoms with Gasteiger partial charge in [0.2, 0.25) is 10.0 Å². The summed E-state index contributed by atoms with van der Waals surface area (Å²) >= 11 is 0. The normalized spacial score (nSPS) is 23.1. The van der Waals surface area contributed by atoms with Crippen LogP contribution in [0.1, 0.15) is 19.3 Å². The maximum absolute atomic E-state index is 13.2. The largest absolute Gasteiger partial charge is 0.349 e. The van der Waals surface area contributed by atoms with E-state index in [1.54, 1.807) is 10.9 Å². The Morgan fingerprint density at radius 1 is 1.08 bits per heavy atom. The maximum atomic E-state index is 13.2. The quantitative estimate of drug-likeness (QED) is 0.828. The van der Waals surface area contributed by atoms with E-state index >= 15 is 0 Å². The van der Waals surface area contributed by atoms with Crippen LogP contribution in [0.3, 0.4) is 0 Å². The average molecular weight is 363 g/mol. The fourth-order valence-electron chi connectivity index (χ4n) is 3.40. The molecule has 2 saturated heterocycles. The molecule has 2 aromatic rings. The lowest BCUT2D eigenvalue weighted by atomic mass is 10.0. The predicted octanol–water partition coefficient (Wildman–Crippen LogP) is 1.79. The van der Waals surface area contributed by atoms with E-state index in [9.17, 15) is 8.42 Å². The van der Waals surface area contributed by atoms with Crippen LogP contribution in [-0.2, 0) is 19.5 Å². The van der Waals surface area contributed by atoms with Crippen LogP contribution in [0, 0.1) is 0 Å². The van der Waals surface area contributed by atoms with Gasteiger partial charge in [-0.3, -0.25) is 0 Å². The summed E-state index contributed by atoms with van der Waals surface area (Å²) in [4.78, 5) is 0.196. The van der Waals surface area contributed by atoms with Crippen molar-refractivity contribution in [2.45, 2.75) is 36.5 Å². The van der Waals surface area contributed by atoms with Gasteiger partial charge in [-0.15, -0.1) is 0 Å². The third-order valence-electron chi connectivity index (χ3n) is 4.65. The van der Waals surface area contributed by atoms with E-state index in [0.717, 1.165) is 24.9 Å². The van der Waals surface area contributed by atoms with Crippen LogP contribution >= 0.6 is 0 Å². The van der Waals surface area contributed by atoms with Crippen molar-refractivity contribution in [2.24, 2.45) is 0 Å². The smallest absolute Gasteiger partial charge is 0.246 e. The molecule has 4 rings (SSSR count). The predicted molar refractivity (Wildman–Crippen MR) is 90.8 cm³/mol. The summed E-state index contributed by atoms with van der Waals surface area (Å²) in [5.41, 5.74) is 0.821. The van der Waals surface area contributed by atoms with E-state index < -0.39 is 16.3 Å². The highest BCUT2D eigenvalue weighted by molar-refractivity contribution is 7.89. The van der Waals surface area contributed by atoms with Gasteiger partial charge in [0.05, 0.1) is 37.3 Å². The molecule has 134 valence electrons. The Morgan fingerprint density at radius 2 is 1.84 bits per heavy atom. The number of ether oxygens (including phenoxy) is 2. The molecular formula is C17H21N3O4S. The summed E-state index contributed by atoms with van der Waals surface area (Å²) in [7, 11) is -3.65. The molecule has 0 bridgehead atoms. The highest BCUT2D eigenvalue weighted by Crippen LogP contribution is 2.30. The molecular weight excluding hydrogens is 342 g/mol. The van der Waals surface area contributed by atoms with Crippen LogP contribution in [0.2, 0.25) is 0 Å². The Kier molecular flexibility index (Phi) is 4.60. The molecule has 0 radical (unpaired) electrons. The molecule has 2 aliphatic rings. The number of rotatable bonds is 4. The minimum absolute atomic E-state index is 0.196. The van der Waals surface area contributed by atoms with Gasteiger partial charge in [0.15, 0.2) is 6.29 Å². The highest BCUT2D eigenvalue weighted by Gasteiger charge is 2.40. The lowest BCUT2D eigenvalue weighted by Crippen LogP contribution is -2.49. The standard InChI is InChI=1S/C17H21N3O4S/c21-25(22,15-12-18-19(13-15)14-6-2-1-3-7-14)20-9-5-4-8-16(20)17-23-10-11-24-17/h1-3,6-7,12-13,16-17H,4-5,8-11H2. The van der Waals surface area contributed by atoms with Gasteiger partial charge in [-0.1, -0.05) is 24.6 Å². The van der Waals surface area contributed by atoms with Gasteiger partial charge >= 0.3 is 0 Å². The van der Waals surface area contributed by atoms with Crippen LogP contribution in [0.4, 0.5) is 0 Å². The van der Waals surface area contributed by atoms with Gasteiger partial charge < -0.3 is 9.47 Å². The van der Waals surface area contributed by atoms with E-state index in [0.29, 0.717) is 19.8 Å². The maximum Gasteiger partial charge on any atom is 0.246 e. The highest BCUT2D eigenvalue weighted by atomic mass is 32.2. The van der Waals surface area contributed by atoms with E-state index in [2.05, 4.69) is 5.10 Å². The molecule has 8 heteroatoms. The second-order valence-corrected chi connectivity index (χ2v) is 8.14. The summed E-state index contributed by atoms with van der Waals surface area (Å²) in [5.74, 6) is 0. The first-order chi connectivity index (χ1) is 12.2. The molecule has 2 fully saturated rings. The minimum atomic E-state index is -3.65. The summed E-state index contributed by atoms with van der Waals surface area (Å²) in [6.45, 7) is 1.51. The van der Waals surface area contributed by atoms with E-state index in [4.69, 9.17) is 9.47 Å². The zero-order chi connectivity index (χ0) is 17.3. The molecule has 2 aliphatic heterocycles. The van der Waals surface area contributed by atoms with Crippen molar-refractivity contribution >= 4 is 10.0 Å². The fraction of sp³-hybridized carbons (Fsp3) is 0.471. The minimum Gasteiger partial charge on any atom is -0.349 e. The SMILES string of the molecule is O=S(=O)(c1cnn(-c2ccccc2)c1)N1CCCCC1C1OCCO1. The summed E-state index contributed by atoms with van der Waals surface area (Å²) in [6.07, 6.45) is 5.06. The molecule has 1 unspecified atom stereocenters. The summed E-state index contributed by atoms with van der Waals surface area (Å²) < 4.78 is 40.6. The van der Waals surface area contributed by atoms with Gasteiger partial charge in [-0.2, -0.15) is 9.40 Å². The summed E-state index contributed by atoms with van der Waals surface area (Å²) in [5, 5.41) is 4.22. The molecule has 25 heavy (non-hydrogen) atoms. The number of hydrogen-bond acceptors (Lipinski definition) is 5. The van der Waals surface area contributed by atoms with Gasteiger partial charge in [0.1, 0.15) is 4.90 Å². The fourth-order valence-corrected chi connectivity index (χ4v) is 5.01. The third-order valence-corrected chi connectivity index (χ3v) is 6.52. The van der Waals surface area contributed by atoms with Crippen LogP contribution < -0.4 is 0 Å². The van der Waals surface area contributed by atoms with E-state index in [1.807, 2.05) is 30.3 Å². The molecule has 1 aromatic heterocycles. The molecule has 0 spiro atoms. The first-order valence-corrected chi connectivity index (χ1v) is 9.95. The first-order valence-electron chi connectivity index (χ1n) is 8.51. The number of aromatic nitrogens is 2. The molecule has 1 atom stereocenters. The number of hydrogen-bond donors (Lipinski definition) is 0. The Morgan fingerprint density at radius 3 is 2.60 bits per heavy atom. The molecule has 0 saturated carbocycles. The zero-order valence-electron chi connectivity index (χ0n) is 13.8. The molecule has 1 aromatic carbocycles. The van der Waals surface area contributed by atoms with Crippen LogP contribution in [-0.4, -0.2) is 54.6 Å².